The summed E-state index contributed by atoms with van der Waals surface area (Å²) in [6.45, 7) is 1.56. The van der Waals surface area contributed by atoms with Gasteiger partial charge in [0, 0.05) is 23.3 Å². The number of amides is 1. The van der Waals surface area contributed by atoms with Gasteiger partial charge in [0.15, 0.2) is 6.10 Å². The van der Waals surface area contributed by atoms with E-state index in [1.165, 1.54) is 11.0 Å². The molecule has 0 saturated heterocycles. The number of benzene rings is 2. The number of carbonyl (C=O) groups excluding carboxylic acids is 2. The molecule has 2 aromatic rings. The van der Waals surface area contributed by atoms with Crippen molar-refractivity contribution >= 4 is 39.6 Å². The highest BCUT2D eigenvalue weighted by atomic mass is 79.9. The van der Waals surface area contributed by atoms with Crippen molar-refractivity contribution in [1.29, 1.82) is 0 Å². The summed E-state index contributed by atoms with van der Waals surface area (Å²) >= 11 is 3.35. The Hall–Kier alpha value is -2.40. The molecule has 0 radical (unpaired) electrons. The number of hydrogen-bond acceptors (Lipinski definition) is 3. The van der Waals surface area contributed by atoms with Crippen molar-refractivity contribution in [3.63, 3.8) is 0 Å². The molecule has 4 nitrogen and oxygen atoms in total. The van der Waals surface area contributed by atoms with Gasteiger partial charge in [-0.3, -0.25) is 4.79 Å². The minimum atomic E-state index is -0.864. The van der Waals surface area contributed by atoms with Crippen molar-refractivity contribution in [3.8, 4) is 0 Å². The molecule has 1 unspecified atom stereocenters. The number of rotatable bonds is 5. The van der Waals surface area contributed by atoms with Gasteiger partial charge in [-0.05, 0) is 42.8 Å². The van der Waals surface area contributed by atoms with Crippen LogP contribution in [0.25, 0.3) is 6.08 Å². The molecule has 2 aromatic carbocycles. The quantitative estimate of drug-likeness (QED) is 0.573. The summed E-state index contributed by atoms with van der Waals surface area (Å²) < 4.78 is 6.14. The van der Waals surface area contributed by atoms with Gasteiger partial charge >= 0.3 is 5.97 Å². The molecular formula is C19H18BrNO3. The Labute approximate surface area is 149 Å². The van der Waals surface area contributed by atoms with Gasteiger partial charge in [0.05, 0.1) is 0 Å². The fraction of sp³-hybridized carbons (Fsp3) is 0.158. The van der Waals surface area contributed by atoms with Crippen LogP contribution in [-0.2, 0) is 14.3 Å². The predicted molar refractivity (Wildman–Crippen MR) is 98.6 cm³/mol. The maximum Gasteiger partial charge on any atom is 0.331 e. The van der Waals surface area contributed by atoms with Crippen LogP contribution in [0.5, 0.6) is 0 Å². The van der Waals surface area contributed by atoms with Gasteiger partial charge < -0.3 is 9.64 Å². The van der Waals surface area contributed by atoms with Crippen molar-refractivity contribution in [2.24, 2.45) is 0 Å². The molecule has 0 aliphatic heterocycles. The molecule has 124 valence electrons. The van der Waals surface area contributed by atoms with Gasteiger partial charge in [-0.15, -0.1) is 0 Å². The first-order valence-electron chi connectivity index (χ1n) is 7.44. The van der Waals surface area contributed by atoms with Crippen LogP contribution in [-0.4, -0.2) is 25.0 Å². The van der Waals surface area contributed by atoms with Gasteiger partial charge in [0.1, 0.15) is 0 Å². The van der Waals surface area contributed by atoms with E-state index in [1.54, 1.807) is 20.0 Å². The van der Waals surface area contributed by atoms with Crippen LogP contribution in [0.4, 0.5) is 5.69 Å². The van der Waals surface area contributed by atoms with Gasteiger partial charge in [0.25, 0.3) is 5.91 Å². The maximum atomic E-state index is 12.3. The third-order valence-electron chi connectivity index (χ3n) is 3.40. The number of nitrogens with zero attached hydrogens (tertiary/aromatic N) is 1. The summed E-state index contributed by atoms with van der Waals surface area (Å²) in [5.41, 5.74) is 1.62. The Kier molecular flexibility index (Phi) is 6.32. The van der Waals surface area contributed by atoms with E-state index in [-0.39, 0.29) is 5.91 Å². The smallest absolute Gasteiger partial charge is 0.331 e. The second-order valence-corrected chi connectivity index (χ2v) is 6.11. The van der Waals surface area contributed by atoms with Crippen LogP contribution in [0.3, 0.4) is 0 Å². The van der Waals surface area contributed by atoms with Crippen LogP contribution in [0.1, 0.15) is 12.5 Å². The number of halogens is 1. The number of para-hydroxylation sites is 1. The summed E-state index contributed by atoms with van der Waals surface area (Å²) in [6, 6.07) is 16.7. The van der Waals surface area contributed by atoms with Crippen LogP contribution in [0, 0.1) is 0 Å². The molecule has 5 heteroatoms. The first-order valence-corrected chi connectivity index (χ1v) is 8.23. The van der Waals surface area contributed by atoms with Gasteiger partial charge in [-0.25, -0.2) is 4.79 Å². The van der Waals surface area contributed by atoms with Crippen LogP contribution in [0.2, 0.25) is 0 Å². The average molecular weight is 388 g/mol. The van der Waals surface area contributed by atoms with Crippen molar-refractivity contribution in [1.82, 2.24) is 0 Å². The van der Waals surface area contributed by atoms with Gasteiger partial charge in [-0.2, -0.15) is 0 Å². The minimum Gasteiger partial charge on any atom is -0.449 e. The Morgan fingerprint density at radius 1 is 1.08 bits per heavy atom. The lowest BCUT2D eigenvalue weighted by Crippen LogP contribution is -2.37. The maximum absolute atomic E-state index is 12.3. The zero-order chi connectivity index (χ0) is 17.5. The first-order chi connectivity index (χ1) is 11.5. The topological polar surface area (TPSA) is 46.6 Å². The fourth-order valence-corrected chi connectivity index (χ4v) is 2.32. The lowest BCUT2D eigenvalue weighted by molar-refractivity contribution is -0.148. The van der Waals surface area contributed by atoms with E-state index in [0.717, 1.165) is 15.7 Å². The molecule has 0 bridgehead atoms. The fourth-order valence-electron chi connectivity index (χ4n) is 2.05. The lowest BCUT2D eigenvalue weighted by Gasteiger charge is -2.21. The Morgan fingerprint density at radius 2 is 1.71 bits per heavy atom. The summed E-state index contributed by atoms with van der Waals surface area (Å²) in [6.07, 6.45) is 2.10. The van der Waals surface area contributed by atoms with Crippen molar-refractivity contribution in [2.45, 2.75) is 13.0 Å². The third-order valence-corrected chi connectivity index (χ3v) is 3.93. The van der Waals surface area contributed by atoms with Crippen LogP contribution in [0.15, 0.2) is 65.1 Å². The molecular weight excluding hydrogens is 370 g/mol. The summed E-state index contributed by atoms with van der Waals surface area (Å²) in [7, 11) is 1.65. The summed E-state index contributed by atoms with van der Waals surface area (Å²) in [5.74, 6) is -0.841. The number of likely N-dealkylation sites (N-methyl/N-ethyl adjacent to an activating group) is 1. The molecule has 0 aromatic heterocycles. The number of esters is 1. The molecule has 0 spiro atoms. The Morgan fingerprint density at radius 3 is 2.33 bits per heavy atom. The van der Waals surface area contributed by atoms with Crippen molar-refractivity contribution < 1.29 is 14.3 Å². The van der Waals surface area contributed by atoms with Gasteiger partial charge in [0.2, 0.25) is 0 Å². The standard InChI is InChI=1S/C19H18BrNO3/c1-14(19(23)21(2)17-6-4-3-5-7-17)24-18(22)13-10-15-8-11-16(20)12-9-15/h3-14H,1-2H3/b13-10+. The highest BCUT2D eigenvalue weighted by Crippen LogP contribution is 2.14. The molecule has 1 atom stereocenters. The SMILES string of the molecule is CC(OC(=O)/C=C/c1ccc(Br)cc1)C(=O)N(C)c1ccccc1. The van der Waals surface area contributed by atoms with E-state index in [9.17, 15) is 9.59 Å². The molecule has 0 aliphatic carbocycles. The molecule has 0 heterocycles. The van der Waals surface area contributed by atoms with Crippen LogP contribution >= 0.6 is 15.9 Å². The highest BCUT2D eigenvalue weighted by Gasteiger charge is 2.21. The van der Waals surface area contributed by atoms with E-state index >= 15 is 0 Å². The average Bonchev–Trinajstić information content (AvgIpc) is 2.60. The molecule has 0 aliphatic rings. The molecule has 2 rings (SSSR count). The van der Waals surface area contributed by atoms with E-state index in [0.29, 0.717) is 0 Å². The monoisotopic (exact) mass is 387 g/mol. The number of anilines is 1. The van der Waals surface area contributed by atoms with E-state index in [4.69, 9.17) is 4.74 Å². The number of ether oxygens (including phenoxy) is 1. The second-order valence-electron chi connectivity index (χ2n) is 5.20. The normalized spacial score (nSPS) is 12.0. The minimum absolute atomic E-state index is 0.286. The molecule has 0 fully saturated rings. The van der Waals surface area contributed by atoms with Gasteiger partial charge in [-0.1, -0.05) is 46.3 Å². The highest BCUT2D eigenvalue weighted by molar-refractivity contribution is 9.10. The first kappa shape index (κ1) is 17.9. The zero-order valence-electron chi connectivity index (χ0n) is 13.5. The second kappa shape index (κ2) is 8.45. The largest absolute Gasteiger partial charge is 0.449 e. The van der Waals surface area contributed by atoms with Crippen molar-refractivity contribution in [2.75, 3.05) is 11.9 Å². The van der Waals surface area contributed by atoms with E-state index in [2.05, 4.69) is 15.9 Å². The van der Waals surface area contributed by atoms with E-state index in [1.807, 2.05) is 54.6 Å². The predicted octanol–water partition coefficient (Wildman–Crippen LogP) is 4.06. The van der Waals surface area contributed by atoms with Crippen molar-refractivity contribution in [3.05, 3.63) is 70.7 Å². The third kappa shape index (κ3) is 5.06. The Bertz CT molecular complexity index is 726. The molecule has 1 amide bonds. The molecule has 24 heavy (non-hydrogen) atoms. The summed E-state index contributed by atoms with van der Waals surface area (Å²) in [5, 5.41) is 0. The van der Waals surface area contributed by atoms with E-state index < -0.39 is 12.1 Å². The zero-order valence-corrected chi connectivity index (χ0v) is 15.1. The molecule has 0 saturated carbocycles. The number of carbonyl (C=O) groups is 2. The number of hydrogen-bond donors (Lipinski definition) is 0. The van der Waals surface area contributed by atoms with Crippen LogP contribution < -0.4 is 4.90 Å². The summed E-state index contributed by atoms with van der Waals surface area (Å²) in [4.78, 5) is 25.6. The lowest BCUT2D eigenvalue weighted by atomic mass is 10.2. The molecule has 0 N–H and O–H groups in total. The Balaban J connectivity index is 1.93.